The average Bonchev–Trinajstić information content (AvgIpc) is 1.04. The molecule has 3 nitrogen and oxygen atoms in total. The molecule has 1 saturated carbocycles. The number of aromatic nitrogens is 1. The van der Waals surface area contributed by atoms with Crippen LogP contribution in [0.3, 0.4) is 0 Å². The van der Waals surface area contributed by atoms with Crippen LogP contribution in [0.5, 0.6) is 0 Å². The minimum absolute atomic E-state index is 0.0855. The Labute approximate surface area is 691 Å². The first kappa shape index (κ1) is 89.7. The van der Waals surface area contributed by atoms with E-state index in [2.05, 4.69) is 397 Å². The fourth-order valence-corrected chi connectivity index (χ4v) is 19.2. The van der Waals surface area contributed by atoms with Crippen LogP contribution in [0.15, 0.2) is 167 Å². The highest BCUT2D eigenvalue weighted by molar-refractivity contribution is 6.08. The molecular weight excluding hydrogens is 1380 g/mol. The molecule has 13 aromatic rings. The van der Waals surface area contributed by atoms with E-state index in [1.807, 2.05) is 24.3 Å². The van der Waals surface area contributed by atoms with Crippen molar-refractivity contribution < 1.29 is 8.83 Å². The van der Waals surface area contributed by atoms with Gasteiger partial charge in [0.25, 0.3) is 0 Å². The van der Waals surface area contributed by atoms with E-state index in [-0.39, 0.29) is 43.3 Å². The number of aryl methyl sites for hydroxylation is 8. The Balaban J connectivity index is 0.000000158. The number of rotatable bonds is 1. The maximum absolute atomic E-state index is 6.15. The van der Waals surface area contributed by atoms with Gasteiger partial charge in [0.05, 0.1) is 5.52 Å². The van der Waals surface area contributed by atoms with Gasteiger partial charge in [0.1, 0.15) is 22.3 Å². The van der Waals surface area contributed by atoms with Crippen molar-refractivity contribution in [3.8, 4) is 0 Å². The summed E-state index contributed by atoms with van der Waals surface area (Å²) in [5.74, 6) is 0.658. The standard InChI is InChI=1S/C25H36.C19H27N.C19H26.C18H20O.C17H18O.C13H20/c1-17-19-11-9-10-12-20(19)21(13-22(17)23(2,3)4)18-14-24(5,6)16-25(7,8)15-18;1-12-9-10-14-13(2)15(18(3,4)5)11-16(17(14)20-12)19(6,7)8;1-13-14-10-8-9-11-15(14)17(19(5,6)7)12-16(13)18(2,3)4;1-11-10-14-13-8-6-7-9-15(13)19-17(14)16(12(11)2)18(3,4)5;1-11-9-10-13-12-7-5-6-8-14(12)18-16(13)15(11)17(2,3)4;1-9-7-10(2)11(3)12(8-9)13(4,5)6/h9-13,18H,14-16H2,1-8H3;9-11H,1-8H3;8-12H,1-7H3;6-10H,1-5H3;5-10H,1-4H3;7-8H,1-6H3. The first-order valence-electron chi connectivity index (χ1n) is 42.6. The van der Waals surface area contributed by atoms with E-state index >= 15 is 0 Å². The van der Waals surface area contributed by atoms with E-state index in [4.69, 9.17) is 13.8 Å². The van der Waals surface area contributed by atoms with Crippen LogP contribution in [0.1, 0.15) is 325 Å². The zero-order valence-corrected chi connectivity index (χ0v) is 78.5. The van der Waals surface area contributed by atoms with Gasteiger partial charge >= 0.3 is 0 Å². The highest BCUT2D eigenvalue weighted by Crippen LogP contribution is 2.54. The van der Waals surface area contributed by atoms with Crippen molar-refractivity contribution in [2.45, 2.75) is 332 Å². The smallest absolute Gasteiger partial charge is 0.139 e. The van der Waals surface area contributed by atoms with E-state index in [1.54, 1.807) is 5.56 Å². The molecule has 3 heterocycles. The first-order chi connectivity index (χ1) is 52.2. The highest BCUT2D eigenvalue weighted by Gasteiger charge is 2.40. The van der Waals surface area contributed by atoms with E-state index in [0.29, 0.717) is 16.7 Å². The number of furan rings is 2. The number of benzene rings is 10. The third kappa shape index (κ3) is 20.0. The molecule has 0 bridgehead atoms. The van der Waals surface area contributed by atoms with Crippen LogP contribution >= 0.6 is 0 Å². The lowest BCUT2D eigenvalue weighted by Gasteiger charge is -2.45. The molecule has 0 spiro atoms. The third-order valence-corrected chi connectivity index (χ3v) is 24.1. The molecule has 1 aliphatic carbocycles. The molecule has 3 heteroatoms. The summed E-state index contributed by atoms with van der Waals surface area (Å²) in [5.41, 5.74) is 33.8. The monoisotopic (exact) mass is 1530 g/mol. The molecule has 1 fully saturated rings. The van der Waals surface area contributed by atoms with Crippen molar-refractivity contribution in [3.63, 3.8) is 0 Å². The fraction of sp³-hybridized carbons (Fsp3) is 0.468. The van der Waals surface area contributed by atoms with E-state index in [9.17, 15) is 0 Å². The second-order valence-electron chi connectivity index (χ2n) is 44.0. The number of nitrogens with zero attached hydrogens (tertiary/aromatic N) is 1. The lowest BCUT2D eigenvalue weighted by atomic mass is 9.59. The number of hydrogen-bond donors (Lipinski definition) is 0. The van der Waals surface area contributed by atoms with Gasteiger partial charge in [0, 0.05) is 43.8 Å². The zero-order valence-electron chi connectivity index (χ0n) is 78.5. The lowest BCUT2D eigenvalue weighted by molar-refractivity contribution is 0.0973. The van der Waals surface area contributed by atoms with E-state index < -0.39 is 0 Å². The molecule has 608 valence electrons. The summed E-state index contributed by atoms with van der Waals surface area (Å²) < 4.78 is 12.2. The van der Waals surface area contributed by atoms with Crippen molar-refractivity contribution in [3.05, 3.63) is 264 Å². The van der Waals surface area contributed by atoms with E-state index in [0.717, 1.165) is 28.0 Å². The maximum atomic E-state index is 6.15. The summed E-state index contributed by atoms with van der Waals surface area (Å²) in [4.78, 5) is 4.83. The normalized spacial score (nSPS) is 14.4. The number of hydrogen-bond acceptors (Lipinski definition) is 3. The quantitative estimate of drug-likeness (QED) is 0.164. The Kier molecular flexibility index (Phi) is 25.7. The lowest BCUT2D eigenvalue weighted by Crippen LogP contribution is -2.33. The topological polar surface area (TPSA) is 39.2 Å². The van der Waals surface area contributed by atoms with Gasteiger partial charge in [0.15, 0.2) is 0 Å². The molecule has 0 aliphatic heterocycles. The second kappa shape index (κ2) is 32.7. The zero-order chi connectivity index (χ0) is 85.3. The Morgan fingerprint density at radius 1 is 0.289 bits per heavy atom. The summed E-state index contributed by atoms with van der Waals surface area (Å²) >= 11 is 0. The van der Waals surface area contributed by atoms with Gasteiger partial charge in [-0.15, -0.1) is 0 Å². The fourth-order valence-electron chi connectivity index (χ4n) is 19.2. The van der Waals surface area contributed by atoms with Crippen LogP contribution in [0.25, 0.3) is 76.3 Å². The largest absolute Gasteiger partial charge is 0.456 e. The van der Waals surface area contributed by atoms with Gasteiger partial charge in [-0.25, -0.2) is 0 Å². The molecule has 0 atom stereocenters. The van der Waals surface area contributed by atoms with Crippen molar-refractivity contribution in [2.24, 2.45) is 10.8 Å². The third-order valence-electron chi connectivity index (χ3n) is 24.1. The van der Waals surface area contributed by atoms with Crippen LogP contribution < -0.4 is 0 Å². The Morgan fingerprint density at radius 3 is 1.12 bits per heavy atom. The van der Waals surface area contributed by atoms with Crippen LogP contribution in [-0.4, -0.2) is 4.98 Å². The molecule has 10 aromatic carbocycles. The van der Waals surface area contributed by atoms with Gasteiger partial charge in [0.2, 0.25) is 0 Å². The Bertz CT molecular complexity index is 5630. The summed E-state index contributed by atoms with van der Waals surface area (Å²) in [6.07, 6.45) is 3.92. The molecule has 14 rings (SSSR count). The number of para-hydroxylation sites is 2. The molecule has 114 heavy (non-hydrogen) atoms. The molecule has 0 unspecified atom stereocenters. The second-order valence-corrected chi connectivity index (χ2v) is 44.0. The van der Waals surface area contributed by atoms with Crippen molar-refractivity contribution in [1.29, 1.82) is 0 Å². The number of pyridine rings is 1. The van der Waals surface area contributed by atoms with Crippen LogP contribution in [0.4, 0.5) is 0 Å². The molecule has 0 N–H and O–H groups in total. The van der Waals surface area contributed by atoms with Gasteiger partial charge < -0.3 is 8.83 Å². The predicted octanol–water partition coefficient (Wildman–Crippen LogP) is 33.6. The van der Waals surface area contributed by atoms with Crippen LogP contribution in [0, 0.1) is 80.1 Å². The first-order valence-corrected chi connectivity index (χ1v) is 42.6. The van der Waals surface area contributed by atoms with Crippen molar-refractivity contribution >= 4 is 76.3 Å². The highest BCUT2D eigenvalue weighted by atomic mass is 16.3. The summed E-state index contributed by atoms with van der Waals surface area (Å²) in [6, 6.07) is 57.3. The minimum Gasteiger partial charge on any atom is -0.456 e. The Hall–Kier alpha value is -8.27. The van der Waals surface area contributed by atoms with Crippen LogP contribution in [0.2, 0.25) is 0 Å². The molecule has 3 aromatic heterocycles. The number of fused-ring (bicyclic) bond motifs is 9. The summed E-state index contributed by atoms with van der Waals surface area (Å²) in [7, 11) is 0. The van der Waals surface area contributed by atoms with Gasteiger partial charge in [-0.05, 0) is 278 Å². The van der Waals surface area contributed by atoms with Crippen molar-refractivity contribution in [2.75, 3.05) is 0 Å². The molecular formula is C111H147NO2. The van der Waals surface area contributed by atoms with Gasteiger partial charge in [-0.3, -0.25) is 4.98 Å². The minimum atomic E-state index is 0.0855. The average molecular weight is 1530 g/mol. The molecule has 0 radical (unpaired) electrons. The van der Waals surface area contributed by atoms with E-state index in [1.165, 1.54) is 168 Å². The molecule has 0 saturated heterocycles. The molecule has 0 amide bonds. The molecule has 1 aliphatic rings. The Morgan fingerprint density at radius 2 is 0.658 bits per heavy atom. The predicted molar refractivity (Wildman–Crippen MR) is 505 cm³/mol. The van der Waals surface area contributed by atoms with Crippen molar-refractivity contribution in [1.82, 2.24) is 4.98 Å². The maximum Gasteiger partial charge on any atom is 0.139 e. The summed E-state index contributed by atoms with van der Waals surface area (Å²) in [5, 5.41) is 11.9. The van der Waals surface area contributed by atoms with Gasteiger partial charge in [-0.2, -0.15) is 0 Å². The summed E-state index contributed by atoms with van der Waals surface area (Å²) in [6.45, 7) is 86.6. The SMILES string of the molecule is Cc1c(C(C)(C)C)cc(C(C)(C)C)c2ccccc12.Cc1c(C(C)(C)C)cc(C2CC(C)(C)CC(C)(C)C2)c2ccccc12.Cc1cc(C)c(C)c(C(C)(C)C)c1.Cc1cc2c(oc3ccccc32)c(C(C)(C)C)c1C.Cc1ccc2c(C)c(C(C)(C)C)cc(C(C)(C)C)c2n1.Cc1ccc2c(oc3ccccc32)c1C(C)(C)C. The van der Waals surface area contributed by atoms with Gasteiger partial charge in [-0.1, -0.05) is 333 Å². The van der Waals surface area contributed by atoms with Crippen LogP contribution in [-0.2, 0) is 43.3 Å².